The Morgan fingerprint density at radius 3 is 2.62 bits per heavy atom. The molecule has 0 atom stereocenters. The Balaban J connectivity index is 1.55. The molecule has 134 valence electrons. The molecule has 0 saturated carbocycles. The van der Waals surface area contributed by atoms with Crippen molar-refractivity contribution in [3.63, 3.8) is 0 Å². The molecule has 0 spiro atoms. The molecule has 0 radical (unpaired) electrons. The van der Waals surface area contributed by atoms with E-state index < -0.39 is 0 Å². The topological polar surface area (TPSA) is 43.1 Å². The second-order valence-electron chi connectivity index (χ2n) is 8.27. The van der Waals surface area contributed by atoms with Gasteiger partial charge in [0.15, 0.2) is 0 Å². The van der Waals surface area contributed by atoms with E-state index >= 15 is 0 Å². The zero-order valence-corrected chi connectivity index (χ0v) is 16.5. The molecule has 26 heavy (non-hydrogen) atoms. The first kappa shape index (κ1) is 17.2. The highest BCUT2D eigenvalue weighted by molar-refractivity contribution is 7.19. The third-order valence-corrected chi connectivity index (χ3v) is 6.84. The average Bonchev–Trinajstić information content (AvgIpc) is 3.26. The zero-order chi connectivity index (χ0) is 18.4. The number of hydrogen-bond acceptors (Lipinski definition) is 4. The minimum Gasteiger partial charge on any atom is -0.291 e. The fourth-order valence-corrected chi connectivity index (χ4v) is 4.44. The van der Waals surface area contributed by atoms with Crippen molar-refractivity contribution in [2.45, 2.75) is 51.4 Å². The Hall–Kier alpha value is -2.27. The summed E-state index contributed by atoms with van der Waals surface area (Å²) in [5, 5.41) is 1.29. The molecule has 0 N–H and O–H groups in total. The van der Waals surface area contributed by atoms with Crippen molar-refractivity contribution in [2.24, 2.45) is 0 Å². The molecule has 0 aliphatic rings. The monoisotopic (exact) mass is 364 g/mol. The highest BCUT2D eigenvalue weighted by Crippen LogP contribution is 2.40. The summed E-state index contributed by atoms with van der Waals surface area (Å²) in [7, 11) is 0. The lowest BCUT2D eigenvalue weighted by Crippen LogP contribution is -2.24. The quantitative estimate of drug-likeness (QED) is 0.478. The lowest BCUT2D eigenvalue weighted by atomic mass is 9.75. The smallest absolute Gasteiger partial charge is 0.233 e. The van der Waals surface area contributed by atoms with Crippen LogP contribution in [0.4, 0.5) is 0 Å². The third kappa shape index (κ3) is 3.12. The molecule has 0 fully saturated rings. The van der Waals surface area contributed by atoms with Crippen LogP contribution in [0.5, 0.6) is 0 Å². The highest BCUT2D eigenvalue weighted by Gasteiger charge is 2.29. The minimum atomic E-state index is 0.0565. The van der Waals surface area contributed by atoms with Crippen LogP contribution in [-0.2, 0) is 10.8 Å². The number of aromatic nitrogens is 4. The third-order valence-electron chi connectivity index (χ3n) is 5.39. The normalized spacial score (nSPS) is 12.9. The average molecular weight is 365 g/mol. The van der Waals surface area contributed by atoms with Crippen molar-refractivity contribution in [2.75, 3.05) is 0 Å². The molecule has 4 aromatic heterocycles. The summed E-state index contributed by atoms with van der Waals surface area (Å²) in [6.45, 7) is 9.30. The maximum atomic E-state index is 4.49. The Labute approximate surface area is 158 Å². The summed E-state index contributed by atoms with van der Waals surface area (Å²) in [5.41, 5.74) is 1.44. The van der Waals surface area contributed by atoms with Crippen LogP contribution >= 0.6 is 11.3 Å². The Kier molecular flexibility index (Phi) is 4.07. The number of thiophene rings is 1. The van der Waals surface area contributed by atoms with Crippen molar-refractivity contribution in [3.05, 3.63) is 59.8 Å². The maximum Gasteiger partial charge on any atom is 0.233 e. The fraction of sp³-hybridized carbons (Fsp3) is 0.381. The van der Waals surface area contributed by atoms with Crippen LogP contribution in [0.3, 0.4) is 0 Å². The van der Waals surface area contributed by atoms with Gasteiger partial charge >= 0.3 is 0 Å². The number of hydrogen-bond donors (Lipinski definition) is 0. The van der Waals surface area contributed by atoms with Crippen LogP contribution < -0.4 is 0 Å². The molecule has 0 aromatic carbocycles. The van der Waals surface area contributed by atoms with Crippen LogP contribution in [0.15, 0.2) is 49.3 Å². The van der Waals surface area contributed by atoms with E-state index in [1.807, 2.05) is 40.5 Å². The summed E-state index contributed by atoms with van der Waals surface area (Å²) in [4.78, 5) is 14.4. The van der Waals surface area contributed by atoms with Gasteiger partial charge in [0.05, 0.1) is 4.70 Å². The molecule has 4 rings (SSSR count). The second-order valence-corrected chi connectivity index (χ2v) is 9.35. The lowest BCUT2D eigenvalue weighted by molar-refractivity contribution is 0.377. The largest absolute Gasteiger partial charge is 0.291 e. The summed E-state index contributed by atoms with van der Waals surface area (Å²) in [5.74, 6) is 0.753. The maximum absolute atomic E-state index is 4.49. The van der Waals surface area contributed by atoms with Crippen LogP contribution in [0.2, 0.25) is 0 Å². The fourth-order valence-electron chi connectivity index (χ4n) is 3.28. The van der Waals surface area contributed by atoms with E-state index in [1.54, 1.807) is 6.20 Å². The Bertz CT molecular complexity index is 1010. The summed E-state index contributed by atoms with van der Waals surface area (Å²) < 4.78 is 3.27. The predicted molar refractivity (Wildman–Crippen MR) is 108 cm³/mol. The minimum absolute atomic E-state index is 0.0565. The van der Waals surface area contributed by atoms with Gasteiger partial charge in [-0.05, 0) is 46.8 Å². The molecule has 0 amide bonds. The number of imidazole rings is 1. The van der Waals surface area contributed by atoms with Crippen molar-refractivity contribution in [3.8, 4) is 0 Å². The van der Waals surface area contributed by atoms with E-state index in [2.05, 4.69) is 61.0 Å². The highest BCUT2D eigenvalue weighted by atomic mass is 32.1. The van der Waals surface area contributed by atoms with Crippen LogP contribution in [0, 0.1) is 0 Å². The lowest BCUT2D eigenvalue weighted by Gasteiger charge is -2.31. The second kappa shape index (κ2) is 6.16. The number of fused-ring (bicyclic) bond motifs is 2. The van der Waals surface area contributed by atoms with Crippen LogP contribution in [0.1, 0.15) is 51.0 Å². The first-order valence-electron chi connectivity index (χ1n) is 8.98. The van der Waals surface area contributed by atoms with Gasteiger partial charge in [-0.15, -0.1) is 11.3 Å². The molecule has 0 aliphatic carbocycles. The molecular weight excluding hydrogens is 340 g/mol. The number of nitrogens with zero attached hydrogens (tertiary/aromatic N) is 4. The molecule has 0 unspecified atom stereocenters. The Morgan fingerprint density at radius 1 is 1.00 bits per heavy atom. The van der Waals surface area contributed by atoms with E-state index in [0.717, 1.165) is 18.6 Å². The van der Waals surface area contributed by atoms with Gasteiger partial charge in [0.2, 0.25) is 5.78 Å². The first-order chi connectivity index (χ1) is 12.4. The molecular formula is C21H24N4S. The van der Waals surface area contributed by atoms with Crippen molar-refractivity contribution < 1.29 is 0 Å². The van der Waals surface area contributed by atoms with Gasteiger partial charge in [0.25, 0.3) is 0 Å². The van der Waals surface area contributed by atoms with Crippen LogP contribution in [0.25, 0.3) is 15.9 Å². The molecule has 0 saturated heterocycles. The van der Waals surface area contributed by atoms with E-state index in [1.165, 1.54) is 20.5 Å². The SMILES string of the molecule is CC(C)(CCC(C)(C)c1cc2ccncc2s1)c1cnc2nccn2c1. The van der Waals surface area contributed by atoms with Crippen LogP contribution in [-0.4, -0.2) is 19.4 Å². The molecule has 0 bridgehead atoms. The molecule has 5 heteroatoms. The van der Waals surface area contributed by atoms with Gasteiger partial charge in [0, 0.05) is 42.1 Å². The molecule has 4 aromatic rings. The number of rotatable bonds is 5. The van der Waals surface area contributed by atoms with E-state index in [0.29, 0.717) is 0 Å². The molecule has 4 heterocycles. The van der Waals surface area contributed by atoms with E-state index in [-0.39, 0.29) is 10.8 Å². The molecule has 0 aliphatic heterocycles. The molecule has 4 nitrogen and oxygen atoms in total. The summed E-state index contributed by atoms with van der Waals surface area (Å²) in [6.07, 6.45) is 13.9. The van der Waals surface area contributed by atoms with Crippen molar-refractivity contribution in [1.29, 1.82) is 0 Å². The van der Waals surface area contributed by atoms with Gasteiger partial charge < -0.3 is 0 Å². The van der Waals surface area contributed by atoms with Gasteiger partial charge in [-0.25, -0.2) is 9.97 Å². The zero-order valence-electron chi connectivity index (χ0n) is 15.7. The van der Waals surface area contributed by atoms with E-state index in [9.17, 15) is 0 Å². The standard InChI is InChI=1S/C21H24N4S/c1-20(2,16-12-24-19-23-9-10-25(19)14-16)6-7-21(3,4)18-11-15-5-8-22-13-17(15)26-18/h5,8-14H,6-7H2,1-4H3. The summed E-state index contributed by atoms with van der Waals surface area (Å²) in [6, 6.07) is 4.43. The van der Waals surface area contributed by atoms with E-state index in [4.69, 9.17) is 0 Å². The van der Waals surface area contributed by atoms with Gasteiger partial charge in [-0.3, -0.25) is 9.38 Å². The van der Waals surface area contributed by atoms with Crippen molar-refractivity contribution in [1.82, 2.24) is 19.4 Å². The Morgan fingerprint density at radius 2 is 1.81 bits per heavy atom. The van der Waals surface area contributed by atoms with Gasteiger partial charge in [-0.2, -0.15) is 0 Å². The van der Waals surface area contributed by atoms with Crippen molar-refractivity contribution >= 4 is 27.2 Å². The van der Waals surface area contributed by atoms with Gasteiger partial charge in [0.1, 0.15) is 0 Å². The number of pyridine rings is 1. The predicted octanol–water partition coefficient (Wildman–Crippen LogP) is 5.37. The first-order valence-corrected chi connectivity index (χ1v) is 9.80. The summed E-state index contributed by atoms with van der Waals surface area (Å²) >= 11 is 1.87. The van der Waals surface area contributed by atoms with Gasteiger partial charge in [-0.1, -0.05) is 27.7 Å².